The number of ether oxygens (including phenoxy) is 1. The zero-order chi connectivity index (χ0) is 13.6. The number of hydrogen-bond acceptors (Lipinski definition) is 3. The molecule has 3 heteroatoms. The molecule has 1 aromatic rings. The quantitative estimate of drug-likeness (QED) is 0.788. The highest BCUT2D eigenvalue weighted by Gasteiger charge is 2.38. The molecule has 1 N–H and O–H groups in total. The van der Waals surface area contributed by atoms with Crippen molar-refractivity contribution < 1.29 is 9.53 Å². The number of likely N-dealkylation sites (N-methyl/N-ethyl adjacent to an activating group) is 1. The summed E-state index contributed by atoms with van der Waals surface area (Å²) in [7, 11) is 1.80. The second kappa shape index (κ2) is 6.55. The van der Waals surface area contributed by atoms with Gasteiger partial charge in [-0.25, -0.2) is 4.79 Å². The van der Waals surface area contributed by atoms with Crippen molar-refractivity contribution in [3.8, 4) is 0 Å². The summed E-state index contributed by atoms with van der Waals surface area (Å²) in [4.78, 5) is 12.2. The summed E-state index contributed by atoms with van der Waals surface area (Å²) in [6.07, 6.45) is 1.66. The molecule has 0 spiro atoms. The van der Waals surface area contributed by atoms with Crippen LogP contribution in [0.15, 0.2) is 24.3 Å². The number of carbonyl (C=O) groups excluding carboxylic acids is 1. The van der Waals surface area contributed by atoms with Crippen LogP contribution in [0, 0.1) is 0 Å². The van der Waals surface area contributed by atoms with Crippen LogP contribution in [-0.4, -0.2) is 19.6 Å². The average Bonchev–Trinajstić information content (AvgIpc) is 2.42. The Balaban J connectivity index is 3.13. The molecule has 1 aromatic carbocycles. The second-order valence-corrected chi connectivity index (χ2v) is 4.28. The molecule has 0 amide bonds. The predicted octanol–water partition coefficient (Wildman–Crippen LogP) is 2.64. The summed E-state index contributed by atoms with van der Waals surface area (Å²) < 4.78 is 5.20. The van der Waals surface area contributed by atoms with Gasteiger partial charge in [-0.05, 0) is 37.9 Å². The first kappa shape index (κ1) is 14.7. The molecule has 0 aromatic heterocycles. The number of benzene rings is 1. The Labute approximate surface area is 110 Å². The number of rotatable bonds is 6. The van der Waals surface area contributed by atoms with Gasteiger partial charge < -0.3 is 10.1 Å². The van der Waals surface area contributed by atoms with E-state index in [9.17, 15) is 4.79 Å². The summed E-state index contributed by atoms with van der Waals surface area (Å²) in [6.45, 7) is 6.33. The summed E-state index contributed by atoms with van der Waals surface area (Å²) in [5.74, 6) is -0.209. The molecule has 1 unspecified atom stereocenters. The van der Waals surface area contributed by atoms with Gasteiger partial charge in [0.15, 0.2) is 0 Å². The van der Waals surface area contributed by atoms with Gasteiger partial charge in [0, 0.05) is 0 Å². The zero-order valence-electron chi connectivity index (χ0n) is 11.7. The monoisotopic (exact) mass is 249 g/mol. The Bertz CT molecular complexity index is 380. The van der Waals surface area contributed by atoms with Crippen molar-refractivity contribution in [2.24, 2.45) is 0 Å². The Morgan fingerprint density at radius 2 is 1.83 bits per heavy atom. The lowest BCUT2D eigenvalue weighted by molar-refractivity contribution is -0.151. The van der Waals surface area contributed by atoms with E-state index in [1.165, 1.54) is 5.56 Å². The third kappa shape index (κ3) is 2.72. The normalized spacial score (nSPS) is 14.0. The molecule has 18 heavy (non-hydrogen) atoms. The third-order valence-corrected chi connectivity index (χ3v) is 3.44. The van der Waals surface area contributed by atoms with Crippen LogP contribution < -0.4 is 5.32 Å². The average molecular weight is 249 g/mol. The van der Waals surface area contributed by atoms with E-state index in [2.05, 4.69) is 24.4 Å². The lowest BCUT2D eigenvalue weighted by Crippen LogP contribution is -2.48. The zero-order valence-corrected chi connectivity index (χ0v) is 11.7. The summed E-state index contributed by atoms with van der Waals surface area (Å²) in [5.41, 5.74) is 1.49. The van der Waals surface area contributed by atoms with Crippen molar-refractivity contribution >= 4 is 5.97 Å². The van der Waals surface area contributed by atoms with Crippen LogP contribution in [0.1, 0.15) is 38.3 Å². The number of nitrogens with one attached hydrogen (secondary N) is 1. The molecule has 100 valence electrons. The molecule has 1 rings (SSSR count). The molecule has 0 saturated carbocycles. The molecule has 0 bridgehead atoms. The van der Waals surface area contributed by atoms with Crippen LogP contribution in [0.2, 0.25) is 0 Å². The van der Waals surface area contributed by atoms with Crippen molar-refractivity contribution in [3.63, 3.8) is 0 Å². The molecule has 0 fully saturated rings. The predicted molar refractivity (Wildman–Crippen MR) is 73.5 cm³/mol. The minimum absolute atomic E-state index is 0.209. The maximum atomic E-state index is 12.2. The first-order valence-corrected chi connectivity index (χ1v) is 6.60. The van der Waals surface area contributed by atoms with Crippen LogP contribution in [0.5, 0.6) is 0 Å². The lowest BCUT2D eigenvalue weighted by atomic mass is 9.86. The second-order valence-electron chi connectivity index (χ2n) is 4.28. The van der Waals surface area contributed by atoms with Gasteiger partial charge in [0.1, 0.15) is 5.54 Å². The Morgan fingerprint density at radius 3 is 2.22 bits per heavy atom. The number of carbonyl (C=O) groups is 1. The van der Waals surface area contributed by atoms with Crippen molar-refractivity contribution in [3.05, 3.63) is 35.4 Å². The van der Waals surface area contributed by atoms with Crippen molar-refractivity contribution in [2.45, 2.75) is 39.2 Å². The standard InChI is InChI=1S/C15H23NO2/c1-5-12-8-10-13(11-9-12)15(6-2,16-4)14(17)18-7-3/h8-11,16H,5-7H2,1-4H3. The topological polar surface area (TPSA) is 38.3 Å². The molecule has 0 heterocycles. The highest BCUT2D eigenvalue weighted by atomic mass is 16.5. The van der Waals surface area contributed by atoms with E-state index in [1.54, 1.807) is 7.05 Å². The van der Waals surface area contributed by atoms with Gasteiger partial charge in [-0.15, -0.1) is 0 Å². The van der Waals surface area contributed by atoms with Gasteiger partial charge in [-0.1, -0.05) is 38.1 Å². The molecular formula is C15H23NO2. The maximum absolute atomic E-state index is 12.2. The summed E-state index contributed by atoms with van der Waals surface area (Å²) in [6, 6.07) is 8.15. The van der Waals surface area contributed by atoms with E-state index in [0.717, 1.165) is 12.0 Å². The minimum atomic E-state index is -0.734. The van der Waals surface area contributed by atoms with Crippen LogP contribution >= 0.6 is 0 Å². The molecule has 0 aliphatic heterocycles. The fraction of sp³-hybridized carbons (Fsp3) is 0.533. The van der Waals surface area contributed by atoms with Gasteiger partial charge >= 0.3 is 5.97 Å². The molecule has 0 aliphatic carbocycles. The van der Waals surface area contributed by atoms with Gasteiger partial charge in [0.25, 0.3) is 0 Å². The SMILES string of the molecule is CCOC(=O)C(CC)(NC)c1ccc(CC)cc1. The van der Waals surface area contributed by atoms with Gasteiger partial charge in [-0.2, -0.15) is 0 Å². The molecule has 0 radical (unpaired) electrons. The van der Waals surface area contributed by atoms with E-state index < -0.39 is 5.54 Å². The maximum Gasteiger partial charge on any atom is 0.330 e. The summed E-state index contributed by atoms with van der Waals surface area (Å²) >= 11 is 0. The fourth-order valence-corrected chi connectivity index (χ4v) is 2.17. The van der Waals surface area contributed by atoms with E-state index in [0.29, 0.717) is 13.0 Å². The minimum Gasteiger partial charge on any atom is -0.464 e. The fourth-order valence-electron chi connectivity index (χ4n) is 2.17. The number of hydrogen-bond donors (Lipinski definition) is 1. The largest absolute Gasteiger partial charge is 0.464 e. The Hall–Kier alpha value is -1.35. The molecule has 0 saturated heterocycles. The van der Waals surface area contributed by atoms with Gasteiger partial charge in [-0.3, -0.25) is 0 Å². The first-order valence-electron chi connectivity index (χ1n) is 6.60. The van der Waals surface area contributed by atoms with Crippen LogP contribution in [-0.2, 0) is 21.5 Å². The van der Waals surface area contributed by atoms with E-state index in [-0.39, 0.29) is 5.97 Å². The Morgan fingerprint density at radius 1 is 1.22 bits per heavy atom. The van der Waals surface area contributed by atoms with Crippen molar-refractivity contribution in [1.82, 2.24) is 5.32 Å². The molecule has 0 aliphatic rings. The van der Waals surface area contributed by atoms with Crippen LogP contribution in [0.3, 0.4) is 0 Å². The highest BCUT2D eigenvalue weighted by molar-refractivity contribution is 5.82. The van der Waals surface area contributed by atoms with E-state index in [1.807, 2.05) is 26.0 Å². The van der Waals surface area contributed by atoms with Gasteiger partial charge in [0.05, 0.1) is 6.61 Å². The van der Waals surface area contributed by atoms with E-state index >= 15 is 0 Å². The van der Waals surface area contributed by atoms with E-state index in [4.69, 9.17) is 4.74 Å². The number of aryl methyl sites for hydroxylation is 1. The summed E-state index contributed by atoms with van der Waals surface area (Å²) in [5, 5.41) is 3.13. The molecular weight excluding hydrogens is 226 g/mol. The van der Waals surface area contributed by atoms with Crippen LogP contribution in [0.25, 0.3) is 0 Å². The van der Waals surface area contributed by atoms with Gasteiger partial charge in [0.2, 0.25) is 0 Å². The van der Waals surface area contributed by atoms with Crippen LogP contribution in [0.4, 0.5) is 0 Å². The highest BCUT2D eigenvalue weighted by Crippen LogP contribution is 2.26. The number of esters is 1. The van der Waals surface area contributed by atoms with Crippen molar-refractivity contribution in [2.75, 3.05) is 13.7 Å². The first-order chi connectivity index (χ1) is 8.64. The smallest absolute Gasteiger partial charge is 0.330 e. The Kier molecular flexibility index (Phi) is 5.35. The third-order valence-electron chi connectivity index (χ3n) is 3.44. The molecule has 3 nitrogen and oxygen atoms in total. The lowest BCUT2D eigenvalue weighted by Gasteiger charge is -2.30. The molecule has 1 atom stereocenters. The van der Waals surface area contributed by atoms with Crippen molar-refractivity contribution in [1.29, 1.82) is 0 Å².